The van der Waals surface area contributed by atoms with Gasteiger partial charge in [-0.1, -0.05) is 13.3 Å². The molecule has 1 saturated heterocycles. The summed E-state index contributed by atoms with van der Waals surface area (Å²) < 4.78 is 0. The molecule has 3 unspecified atom stereocenters. The van der Waals surface area contributed by atoms with Gasteiger partial charge in [-0.05, 0) is 37.0 Å². The molecule has 0 aromatic carbocycles. The Kier molecular flexibility index (Phi) is 4.66. The van der Waals surface area contributed by atoms with E-state index < -0.39 is 5.97 Å². The number of fused-ring (bicyclic) bond motifs is 1. The van der Waals surface area contributed by atoms with Crippen LogP contribution in [0.25, 0.3) is 0 Å². The molecule has 2 aliphatic rings. The van der Waals surface area contributed by atoms with Crippen LogP contribution in [0, 0.1) is 17.8 Å². The molecule has 1 heterocycles. The third-order valence-electron chi connectivity index (χ3n) is 4.47. The molecule has 2 rings (SSSR count). The number of rotatable bonds is 5. The Morgan fingerprint density at radius 1 is 1.32 bits per heavy atom. The molecule has 0 bridgehead atoms. The summed E-state index contributed by atoms with van der Waals surface area (Å²) in [5, 5.41) is 11.5. The largest absolute Gasteiger partial charge is 0.481 e. The van der Waals surface area contributed by atoms with Gasteiger partial charge in [-0.3, -0.25) is 4.79 Å². The number of nitrogens with one attached hydrogen (secondary N) is 1. The summed E-state index contributed by atoms with van der Waals surface area (Å²) in [5.74, 6) is 0.873. The fourth-order valence-electron chi connectivity index (χ4n) is 3.25. The van der Waals surface area contributed by atoms with Crippen molar-refractivity contribution in [2.24, 2.45) is 17.8 Å². The summed E-state index contributed by atoms with van der Waals surface area (Å²) in [6.07, 6.45) is 4.63. The van der Waals surface area contributed by atoms with E-state index in [2.05, 4.69) is 5.32 Å². The number of carboxylic acid groups (broad SMARTS) is 1. The number of hydrogen-bond acceptors (Lipinski definition) is 2. The highest BCUT2D eigenvalue weighted by molar-refractivity contribution is 5.74. The third-order valence-corrected chi connectivity index (χ3v) is 4.47. The molecule has 1 aliphatic carbocycles. The Balaban J connectivity index is 1.66. The van der Waals surface area contributed by atoms with Crippen LogP contribution in [-0.2, 0) is 4.79 Å². The fourth-order valence-corrected chi connectivity index (χ4v) is 3.25. The van der Waals surface area contributed by atoms with Gasteiger partial charge < -0.3 is 15.3 Å². The molecule has 2 N–H and O–H groups in total. The van der Waals surface area contributed by atoms with Gasteiger partial charge in [0.15, 0.2) is 0 Å². The summed E-state index contributed by atoms with van der Waals surface area (Å²) in [7, 11) is 0. The predicted octanol–water partition coefficient (Wildman–Crippen LogP) is 1.93. The van der Waals surface area contributed by atoms with Crippen LogP contribution in [0.1, 0.15) is 39.0 Å². The lowest BCUT2D eigenvalue weighted by Crippen LogP contribution is -2.40. The summed E-state index contributed by atoms with van der Waals surface area (Å²) in [6, 6.07) is 0.0246. The number of carbonyl (C=O) groups excluding carboxylic acids is 1. The molecule has 108 valence electrons. The topological polar surface area (TPSA) is 69.6 Å². The van der Waals surface area contributed by atoms with Crippen LogP contribution in [-0.4, -0.2) is 41.6 Å². The van der Waals surface area contributed by atoms with Gasteiger partial charge in [0, 0.05) is 26.1 Å². The quantitative estimate of drug-likeness (QED) is 0.800. The monoisotopic (exact) mass is 268 g/mol. The first-order valence-corrected chi connectivity index (χ1v) is 7.31. The molecule has 1 saturated carbocycles. The second-order valence-corrected chi connectivity index (χ2v) is 6.08. The maximum atomic E-state index is 12.0. The van der Waals surface area contributed by atoms with Crippen molar-refractivity contribution in [1.82, 2.24) is 10.2 Å². The Hall–Kier alpha value is -1.26. The van der Waals surface area contributed by atoms with Crippen LogP contribution in [0.15, 0.2) is 0 Å². The van der Waals surface area contributed by atoms with E-state index in [1.54, 1.807) is 0 Å². The molecular weight excluding hydrogens is 244 g/mol. The molecule has 0 radical (unpaired) electrons. The first-order chi connectivity index (χ1) is 9.06. The molecular formula is C14H24N2O3. The highest BCUT2D eigenvalue weighted by atomic mass is 16.4. The minimum absolute atomic E-state index is 0.0246. The smallest absolute Gasteiger partial charge is 0.317 e. The second kappa shape index (κ2) is 6.26. The van der Waals surface area contributed by atoms with Crippen molar-refractivity contribution < 1.29 is 14.7 Å². The minimum Gasteiger partial charge on any atom is -0.481 e. The minimum atomic E-state index is -0.773. The number of urea groups is 1. The molecule has 0 aromatic heterocycles. The number of aliphatic carboxylic acids is 1. The number of likely N-dealkylation sites (tertiary alicyclic amines) is 1. The Labute approximate surface area is 114 Å². The number of carboxylic acids is 1. The lowest BCUT2D eigenvalue weighted by molar-refractivity contribution is -0.137. The van der Waals surface area contributed by atoms with Crippen molar-refractivity contribution >= 4 is 12.0 Å². The average Bonchev–Trinajstić information content (AvgIpc) is 2.93. The van der Waals surface area contributed by atoms with Gasteiger partial charge in [-0.2, -0.15) is 0 Å². The standard InChI is InChI=1S/C14H24N2O3/c1-10(5-6-13(17)18)7-15-14(19)16-8-11-3-2-4-12(11)9-16/h10-12H,2-9H2,1H3,(H,15,19)(H,17,18). The van der Waals surface area contributed by atoms with Crippen molar-refractivity contribution in [2.45, 2.75) is 39.0 Å². The van der Waals surface area contributed by atoms with E-state index >= 15 is 0 Å². The Morgan fingerprint density at radius 3 is 2.53 bits per heavy atom. The van der Waals surface area contributed by atoms with Crippen molar-refractivity contribution in [2.75, 3.05) is 19.6 Å². The zero-order valence-corrected chi connectivity index (χ0v) is 11.6. The molecule has 5 heteroatoms. The molecule has 5 nitrogen and oxygen atoms in total. The predicted molar refractivity (Wildman–Crippen MR) is 71.8 cm³/mol. The molecule has 19 heavy (non-hydrogen) atoms. The van der Waals surface area contributed by atoms with E-state index in [0.717, 1.165) is 24.9 Å². The van der Waals surface area contributed by atoms with Gasteiger partial charge in [-0.15, -0.1) is 0 Å². The number of hydrogen-bond donors (Lipinski definition) is 2. The number of carbonyl (C=O) groups is 2. The normalized spacial score (nSPS) is 27.1. The Bertz CT molecular complexity index is 334. The molecule has 3 atom stereocenters. The first kappa shape index (κ1) is 14.2. The molecule has 0 spiro atoms. The van der Waals surface area contributed by atoms with Gasteiger partial charge in [0.05, 0.1) is 0 Å². The first-order valence-electron chi connectivity index (χ1n) is 7.31. The summed E-state index contributed by atoms with van der Waals surface area (Å²) >= 11 is 0. The molecule has 1 aliphatic heterocycles. The van der Waals surface area contributed by atoms with E-state index in [9.17, 15) is 9.59 Å². The van der Waals surface area contributed by atoms with Crippen molar-refractivity contribution in [3.05, 3.63) is 0 Å². The van der Waals surface area contributed by atoms with Crippen LogP contribution in [0.4, 0.5) is 4.79 Å². The van der Waals surface area contributed by atoms with Crippen molar-refractivity contribution in [1.29, 1.82) is 0 Å². The number of amides is 2. The lowest BCUT2D eigenvalue weighted by atomic mass is 10.0. The van der Waals surface area contributed by atoms with E-state index in [1.807, 2.05) is 11.8 Å². The van der Waals surface area contributed by atoms with E-state index in [-0.39, 0.29) is 18.4 Å². The van der Waals surface area contributed by atoms with Gasteiger partial charge >= 0.3 is 12.0 Å². The molecule has 0 aromatic rings. The summed E-state index contributed by atoms with van der Waals surface area (Å²) in [6.45, 7) is 4.35. The van der Waals surface area contributed by atoms with Crippen LogP contribution in [0.5, 0.6) is 0 Å². The summed E-state index contributed by atoms with van der Waals surface area (Å²) in [4.78, 5) is 24.4. The molecule has 2 fully saturated rings. The third kappa shape index (κ3) is 3.85. The highest BCUT2D eigenvalue weighted by Gasteiger charge is 2.37. The van der Waals surface area contributed by atoms with Crippen LogP contribution in [0.2, 0.25) is 0 Å². The Morgan fingerprint density at radius 2 is 1.95 bits per heavy atom. The number of nitrogens with zero attached hydrogens (tertiary/aromatic N) is 1. The summed E-state index contributed by atoms with van der Waals surface area (Å²) in [5.41, 5.74) is 0. The van der Waals surface area contributed by atoms with Crippen LogP contribution in [0.3, 0.4) is 0 Å². The fraction of sp³-hybridized carbons (Fsp3) is 0.857. The maximum Gasteiger partial charge on any atom is 0.317 e. The average molecular weight is 268 g/mol. The van der Waals surface area contributed by atoms with Gasteiger partial charge in [-0.25, -0.2) is 4.79 Å². The van der Waals surface area contributed by atoms with Crippen molar-refractivity contribution in [3.8, 4) is 0 Å². The highest BCUT2D eigenvalue weighted by Crippen LogP contribution is 2.37. The van der Waals surface area contributed by atoms with E-state index in [4.69, 9.17) is 5.11 Å². The van der Waals surface area contributed by atoms with Crippen LogP contribution < -0.4 is 5.32 Å². The molecule has 2 amide bonds. The van der Waals surface area contributed by atoms with Crippen molar-refractivity contribution in [3.63, 3.8) is 0 Å². The maximum absolute atomic E-state index is 12.0. The van der Waals surface area contributed by atoms with Gasteiger partial charge in [0.25, 0.3) is 0 Å². The lowest BCUT2D eigenvalue weighted by Gasteiger charge is -2.19. The van der Waals surface area contributed by atoms with E-state index in [1.165, 1.54) is 19.3 Å². The second-order valence-electron chi connectivity index (χ2n) is 6.08. The SMILES string of the molecule is CC(CCC(=O)O)CNC(=O)N1CC2CCCC2C1. The van der Waals surface area contributed by atoms with Gasteiger partial charge in [0.1, 0.15) is 0 Å². The van der Waals surface area contributed by atoms with E-state index in [0.29, 0.717) is 13.0 Å². The van der Waals surface area contributed by atoms with Crippen LogP contribution >= 0.6 is 0 Å². The van der Waals surface area contributed by atoms with Gasteiger partial charge in [0.2, 0.25) is 0 Å². The zero-order chi connectivity index (χ0) is 13.8. The zero-order valence-electron chi connectivity index (χ0n) is 11.6.